The molecule has 3 atom stereocenters. The minimum absolute atomic E-state index is 0.110. The van der Waals surface area contributed by atoms with Gasteiger partial charge in [-0.05, 0) is 55.5 Å². The number of nitrogens with two attached hydrogens (primary N) is 1. The number of halogens is 3. The molecule has 1 saturated heterocycles. The lowest BCUT2D eigenvalue weighted by atomic mass is 10.0. The third-order valence-corrected chi connectivity index (χ3v) is 7.39. The molecule has 9 nitrogen and oxygen atoms in total. The molecule has 12 heteroatoms. The maximum Gasteiger partial charge on any atom is 0.416 e. The van der Waals surface area contributed by atoms with Crippen LogP contribution in [0.15, 0.2) is 48.9 Å². The number of nitrogens with zero attached hydrogens (tertiary/aromatic N) is 6. The van der Waals surface area contributed by atoms with Crippen LogP contribution in [0.4, 0.5) is 18.0 Å². The number of fused-ring (bicyclic) bond motifs is 1. The van der Waals surface area contributed by atoms with Crippen molar-refractivity contribution in [2.24, 2.45) is 17.6 Å². The van der Waals surface area contributed by atoms with Gasteiger partial charge < -0.3 is 10.6 Å². The van der Waals surface area contributed by atoms with E-state index >= 15 is 0 Å². The zero-order valence-corrected chi connectivity index (χ0v) is 20.1. The molecular formula is C25H26F3N7O2. The summed E-state index contributed by atoms with van der Waals surface area (Å²) in [6.45, 7) is 1.24. The van der Waals surface area contributed by atoms with Crippen LogP contribution in [-0.4, -0.2) is 67.9 Å². The van der Waals surface area contributed by atoms with E-state index in [1.807, 2.05) is 11.9 Å². The van der Waals surface area contributed by atoms with Gasteiger partial charge in [0, 0.05) is 43.6 Å². The lowest BCUT2D eigenvalue weighted by Gasteiger charge is -2.27. The fourth-order valence-electron chi connectivity index (χ4n) is 5.47. The van der Waals surface area contributed by atoms with Crippen LogP contribution in [0.2, 0.25) is 0 Å². The van der Waals surface area contributed by atoms with Crippen LogP contribution in [0.25, 0.3) is 11.3 Å². The van der Waals surface area contributed by atoms with Crippen molar-refractivity contribution in [1.29, 1.82) is 0 Å². The first kappa shape index (κ1) is 24.9. The molecule has 194 valence electrons. The van der Waals surface area contributed by atoms with Gasteiger partial charge in [0.05, 0.1) is 23.0 Å². The number of carbonyl (C=O) groups excluding carboxylic acids is 2. The summed E-state index contributed by atoms with van der Waals surface area (Å²) < 4.78 is 42.9. The van der Waals surface area contributed by atoms with Crippen LogP contribution in [0.5, 0.6) is 0 Å². The van der Waals surface area contributed by atoms with E-state index in [0.717, 1.165) is 23.6 Å². The van der Waals surface area contributed by atoms with Crippen molar-refractivity contribution in [1.82, 2.24) is 29.8 Å². The van der Waals surface area contributed by atoms with Crippen molar-refractivity contribution < 1.29 is 22.8 Å². The summed E-state index contributed by atoms with van der Waals surface area (Å²) in [5.41, 5.74) is 5.68. The van der Waals surface area contributed by atoms with Gasteiger partial charge in [-0.3, -0.25) is 9.69 Å². The Morgan fingerprint density at radius 3 is 2.49 bits per heavy atom. The van der Waals surface area contributed by atoms with E-state index in [0.29, 0.717) is 24.3 Å². The summed E-state index contributed by atoms with van der Waals surface area (Å²) in [5, 5.41) is 11.6. The molecule has 1 aliphatic heterocycles. The summed E-state index contributed by atoms with van der Waals surface area (Å²) in [7, 11) is 1.85. The average Bonchev–Trinajstić information content (AvgIpc) is 3.59. The van der Waals surface area contributed by atoms with Crippen molar-refractivity contribution in [3.63, 3.8) is 0 Å². The first-order valence-electron chi connectivity index (χ1n) is 11.9. The van der Waals surface area contributed by atoms with E-state index in [2.05, 4.69) is 15.3 Å². The van der Waals surface area contributed by atoms with Gasteiger partial charge in [-0.15, -0.1) is 0 Å². The smallest absolute Gasteiger partial charge is 0.366 e. The topological polar surface area (TPSA) is 110 Å². The Bertz CT molecular complexity index is 1300. The molecule has 2 amide bonds. The van der Waals surface area contributed by atoms with Gasteiger partial charge in [-0.1, -0.05) is 12.1 Å². The number of rotatable bonds is 5. The van der Waals surface area contributed by atoms with Crippen LogP contribution in [0, 0.1) is 11.8 Å². The Kier molecular flexibility index (Phi) is 6.44. The van der Waals surface area contributed by atoms with E-state index in [-0.39, 0.29) is 41.6 Å². The fraction of sp³-hybridized carbons (Fsp3) is 0.400. The standard InChI is InChI=1S/C25H26F3N7O2/c1-33(11-16-5-4-15(9-21(16)25(26,27)28)22-3-2-6-30-32-22)20-7-17-12-34(13-18(17)8-20)24(37)35-14-19(10-31-35)23(29)36/h2-6,9-10,14,17-18,20H,7-8,11-13H2,1H3,(H2,29,36)/t17-,18+,20-. The first-order chi connectivity index (χ1) is 17.6. The van der Waals surface area contributed by atoms with Gasteiger partial charge in [0.25, 0.3) is 5.91 Å². The van der Waals surface area contributed by atoms with E-state index in [4.69, 9.17) is 5.73 Å². The molecule has 37 heavy (non-hydrogen) atoms. The number of benzene rings is 1. The van der Waals surface area contributed by atoms with Crippen LogP contribution >= 0.6 is 0 Å². The molecule has 0 bridgehead atoms. The normalized spacial score (nSPS) is 21.4. The molecule has 3 heterocycles. The Hall–Kier alpha value is -3.80. The van der Waals surface area contributed by atoms with Gasteiger partial charge >= 0.3 is 12.2 Å². The molecule has 0 spiro atoms. The van der Waals surface area contributed by atoms with E-state index in [1.165, 1.54) is 24.7 Å². The van der Waals surface area contributed by atoms with Gasteiger partial charge in [0.15, 0.2) is 0 Å². The summed E-state index contributed by atoms with van der Waals surface area (Å²) in [6.07, 6.45) is 1.13. The van der Waals surface area contributed by atoms with E-state index in [9.17, 15) is 22.8 Å². The average molecular weight is 514 g/mol. The number of likely N-dealkylation sites (tertiary alicyclic amines) is 1. The molecule has 1 aliphatic carbocycles. The molecule has 2 fully saturated rings. The summed E-state index contributed by atoms with van der Waals surface area (Å²) in [5.74, 6) is -0.146. The molecule has 0 unspecified atom stereocenters. The highest BCUT2D eigenvalue weighted by atomic mass is 19.4. The van der Waals surface area contributed by atoms with E-state index in [1.54, 1.807) is 23.1 Å². The number of amides is 2. The molecule has 1 aromatic carbocycles. The van der Waals surface area contributed by atoms with Gasteiger partial charge in [0.2, 0.25) is 0 Å². The van der Waals surface area contributed by atoms with Crippen molar-refractivity contribution in [2.45, 2.75) is 31.6 Å². The minimum Gasteiger partial charge on any atom is -0.366 e. The third-order valence-electron chi connectivity index (χ3n) is 7.39. The zero-order valence-electron chi connectivity index (χ0n) is 20.1. The second kappa shape index (κ2) is 9.58. The van der Waals surface area contributed by atoms with Crippen LogP contribution in [0.1, 0.15) is 34.3 Å². The highest BCUT2D eigenvalue weighted by Crippen LogP contribution is 2.41. The Labute approximate surface area is 211 Å². The zero-order chi connectivity index (χ0) is 26.3. The highest BCUT2D eigenvalue weighted by Gasteiger charge is 2.44. The fourth-order valence-corrected chi connectivity index (χ4v) is 5.47. The molecule has 5 rings (SSSR count). The minimum atomic E-state index is -4.50. The Balaban J connectivity index is 1.24. The quantitative estimate of drug-likeness (QED) is 0.561. The van der Waals surface area contributed by atoms with Gasteiger partial charge in [0.1, 0.15) is 0 Å². The number of hydrogen-bond acceptors (Lipinski definition) is 6. The van der Waals surface area contributed by atoms with E-state index < -0.39 is 17.6 Å². The number of aromatic nitrogens is 4. The number of hydrogen-bond donors (Lipinski definition) is 1. The molecule has 2 N–H and O–H groups in total. The number of carbonyl (C=O) groups is 2. The van der Waals surface area contributed by atoms with Crippen molar-refractivity contribution in [3.05, 3.63) is 65.6 Å². The van der Waals surface area contributed by atoms with Gasteiger partial charge in [-0.25, -0.2) is 4.79 Å². The summed E-state index contributed by atoms with van der Waals surface area (Å²) in [6, 6.07) is 7.36. The Morgan fingerprint density at radius 2 is 1.89 bits per heavy atom. The lowest BCUT2D eigenvalue weighted by Crippen LogP contribution is -2.36. The predicted molar refractivity (Wildman–Crippen MR) is 127 cm³/mol. The van der Waals surface area contributed by atoms with Crippen molar-refractivity contribution in [2.75, 3.05) is 20.1 Å². The maximum absolute atomic E-state index is 13.9. The predicted octanol–water partition coefficient (Wildman–Crippen LogP) is 3.27. The molecule has 3 aromatic rings. The monoisotopic (exact) mass is 513 g/mol. The SMILES string of the molecule is CN(Cc1ccc(-c2cccnn2)cc1C(F)(F)F)[C@@H]1C[C@@H]2CN(C(=O)n3cc(C(N)=O)cn3)C[C@@H]2C1. The second-order valence-corrected chi connectivity index (χ2v) is 9.76. The molecule has 2 aliphatic rings. The first-order valence-corrected chi connectivity index (χ1v) is 11.9. The summed E-state index contributed by atoms with van der Waals surface area (Å²) in [4.78, 5) is 27.7. The molecular weight excluding hydrogens is 487 g/mol. The number of primary amides is 1. The van der Waals surface area contributed by atoms with Crippen molar-refractivity contribution >= 4 is 11.9 Å². The van der Waals surface area contributed by atoms with Crippen LogP contribution in [0.3, 0.4) is 0 Å². The Morgan fingerprint density at radius 1 is 1.16 bits per heavy atom. The van der Waals surface area contributed by atoms with Crippen molar-refractivity contribution in [3.8, 4) is 11.3 Å². The maximum atomic E-state index is 13.9. The second-order valence-electron chi connectivity index (χ2n) is 9.76. The number of alkyl halides is 3. The van der Waals surface area contributed by atoms with Crippen LogP contribution < -0.4 is 5.73 Å². The van der Waals surface area contributed by atoms with Crippen LogP contribution in [-0.2, 0) is 12.7 Å². The molecule has 2 aromatic heterocycles. The lowest BCUT2D eigenvalue weighted by molar-refractivity contribution is -0.138. The highest BCUT2D eigenvalue weighted by molar-refractivity contribution is 5.93. The molecule has 1 saturated carbocycles. The van der Waals surface area contributed by atoms with Gasteiger partial charge in [-0.2, -0.15) is 33.1 Å². The largest absolute Gasteiger partial charge is 0.416 e. The molecule has 0 radical (unpaired) electrons. The summed E-state index contributed by atoms with van der Waals surface area (Å²) >= 11 is 0. The third kappa shape index (κ3) is 5.06.